The van der Waals surface area contributed by atoms with Crippen molar-refractivity contribution in [3.63, 3.8) is 0 Å². The predicted molar refractivity (Wildman–Crippen MR) is 113 cm³/mol. The Morgan fingerprint density at radius 3 is 2.46 bits per heavy atom. The van der Waals surface area contributed by atoms with Gasteiger partial charge in [-0.15, -0.1) is 0 Å². The van der Waals surface area contributed by atoms with Gasteiger partial charge in [-0.3, -0.25) is 0 Å². The monoisotopic (exact) mass is 376 g/mol. The van der Waals surface area contributed by atoms with Crippen molar-refractivity contribution in [2.24, 2.45) is 5.41 Å². The number of nitrogens with zero attached hydrogens (tertiary/aromatic N) is 1. The maximum atomic E-state index is 12.2. The topological polar surface area (TPSA) is 54.3 Å². The molecule has 4 nitrogen and oxygen atoms in total. The van der Waals surface area contributed by atoms with E-state index in [1.54, 1.807) is 0 Å². The third-order valence-electron chi connectivity index (χ3n) is 5.91. The van der Waals surface area contributed by atoms with Crippen molar-refractivity contribution in [2.75, 3.05) is 0 Å². The second-order valence-electron chi connectivity index (χ2n) is 8.87. The molecule has 1 aromatic heterocycles. The lowest BCUT2D eigenvalue weighted by Gasteiger charge is -2.43. The van der Waals surface area contributed by atoms with Gasteiger partial charge in [0.15, 0.2) is 0 Å². The van der Waals surface area contributed by atoms with Gasteiger partial charge in [0.1, 0.15) is 5.69 Å². The predicted octanol–water partition coefficient (Wildman–Crippen LogP) is 4.97. The number of nitrogens with one attached hydrogen (secondary N) is 1. The summed E-state index contributed by atoms with van der Waals surface area (Å²) in [6, 6.07) is 16.8. The number of aryl methyl sites for hydroxylation is 1. The molecule has 2 N–H and O–H groups in total. The zero-order valence-electron chi connectivity index (χ0n) is 16.8. The number of benzene rings is 2. The van der Waals surface area contributed by atoms with Gasteiger partial charge in [0, 0.05) is 35.6 Å². The van der Waals surface area contributed by atoms with Crippen molar-refractivity contribution in [3.8, 4) is 0 Å². The van der Waals surface area contributed by atoms with Crippen LogP contribution in [-0.4, -0.2) is 21.7 Å². The zero-order valence-corrected chi connectivity index (χ0v) is 16.8. The second-order valence-corrected chi connectivity index (χ2v) is 8.87. The fraction of sp³-hybridized carbons (Fsp3) is 0.375. The molecule has 0 saturated heterocycles. The van der Waals surface area contributed by atoms with Crippen LogP contribution in [0.25, 0.3) is 10.9 Å². The normalized spacial score (nSPS) is 16.2. The molecule has 2 aromatic carbocycles. The molecule has 1 aliphatic carbocycles. The largest absolute Gasteiger partial charge is 0.477 e. The van der Waals surface area contributed by atoms with Gasteiger partial charge in [-0.2, -0.15) is 0 Å². The molecular weight excluding hydrogens is 348 g/mol. The van der Waals surface area contributed by atoms with Crippen LogP contribution < -0.4 is 5.32 Å². The number of carboxylic acids is 1. The lowest BCUT2D eigenvalue weighted by molar-refractivity contribution is 0.0683. The Kier molecular flexibility index (Phi) is 4.76. The fourth-order valence-corrected chi connectivity index (χ4v) is 4.50. The summed E-state index contributed by atoms with van der Waals surface area (Å²) in [5.41, 5.74) is 4.97. The summed E-state index contributed by atoms with van der Waals surface area (Å²) < 4.78 is 1.95. The number of rotatable bonds is 6. The van der Waals surface area contributed by atoms with Gasteiger partial charge in [0.25, 0.3) is 0 Å². The van der Waals surface area contributed by atoms with E-state index in [0.717, 1.165) is 34.9 Å². The lowest BCUT2D eigenvalue weighted by atomic mass is 9.68. The van der Waals surface area contributed by atoms with E-state index in [-0.39, 0.29) is 0 Å². The summed E-state index contributed by atoms with van der Waals surface area (Å²) in [6.07, 6.45) is 2.27. The molecule has 28 heavy (non-hydrogen) atoms. The van der Waals surface area contributed by atoms with Crippen LogP contribution in [0.1, 0.15) is 53.9 Å². The smallest absolute Gasteiger partial charge is 0.352 e. The highest BCUT2D eigenvalue weighted by molar-refractivity contribution is 5.98. The number of hydrogen-bond acceptors (Lipinski definition) is 2. The fourth-order valence-electron chi connectivity index (χ4n) is 4.50. The number of fused-ring (bicyclic) bond motifs is 1. The first-order valence-corrected chi connectivity index (χ1v) is 9.96. The Morgan fingerprint density at radius 2 is 1.82 bits per heavy atom. The van der Waals surface area contributed by atoms with Gasteiger partial charge in [-0.1, -0.05) is 61.9 Å². The Hall–Kier alpha value is -2.59. The Bertz CT molecular complexity index is 1010. The quantitative estimate of drug-likeness (QED) is 0.638. The summed E-state index contributed by atoms with van der Waals surface area (Å²) >= 11 is 0. The number of hydrogen-bond donors (Lipinski definition) is 2. The highest BCUT2D eigenvalue weighted by atomic mass is 16.4. The van der Waals surface area contributed by atoms with E-state index in [1.165, 1.54) is 5.56 Å². The SMILES string of the molecule is Cc1ccc(Cn2c(C(=O)O)c(CNC3CC(C)(C)C3)c3ccccc32)cc1. The Labute approximate surface area is 166 Å². The highest BCUT2D eigenvalue weighted by Crippen LogP contribution is 2.40. The van der Waals surface area contributed by atoms with Gasteiger partial charge in [0.2, 0.25) is 0 Å². The average molecular weight is 377 g/mol. The zero-order chi connectivity index (χ0) is 19.9. The maximum Gasteiger partial charge on any atom is 0.352 e. The van der Waals surface area contributed by atoms with Gasteiger partial charge >= 0.3 is 5.97 Å². The van der Waals surface area contributed by atoms with Crippen molar-refractivity contribution < 1.29 is 9.90 Å². The van der Waals surface area contributed by atoms with E-state index in [2.05, 4.69) is 50.4 Å². The van der Waals surface area contributed by atoms with Crippen LogP contribution >= 0.6 is 0 Å². The first kappa shape index (κ1) is 18.8. The molecule has 0 atom stereocenters. The summed E-state index contributed by atoms with van der Waals surface area (Å²) in [5.74, 6) is -0.867. The first-order chi connectivity index (χ1) is 13.3. The van der Waals surface area contributed by atoms with Gasteiger partial charge in [-0.05, 0) is 36.8 Å². The van der Waals surface area contributed by atoms with Crippen LogP contribution in [0.3, 0.4) is 0 Å². The van der Waals surface area contributed by atoms with Gasteiger partial charge in [0.05, 0.1) is 0 Å². The third kappa shape index (κ3) is 3.57. The number of carboxylic acid groups (broad SMARTS) is 1. The van der Waals surface area contributed by atoms with Crippen LogP contribution in [0.2, 0.25) is 0 Å². The molecule has 3 aromatic rings. The first-order valence-electron chi connectivity index (χ1n) is 9.96. The van der Waals surface area contributed by atoms with E-state index in [9.17, 15) is 9.90 Å². The molecule has 0 radical (unpaired) electrons. The number of para-hydroxylation sites is 1. The minimum atomic E-state index is -0.867. The molecule has 4 rings (SSSR count). The van der Waals surface area contributed by atoms with Crippen LogP contribution in [0.5, 0.6) is 0 Å². The summed E-state index contributed by atoms with van der Waals surface area (Å²) in [4.78, 5) is 12.2. The summed E-state index contributed by atoms with van der Waals surface area (Å²) in [5, 5.41) is 14.7. The van der Waals surface area contributed by atoms with Crippen molar-refractivity contribution >= 4 is 16.9 Å². The molecule has 0 amide bonds. The highest BCUT2D eigenvalue weighted by Gasteiger charge is 2.36. The molecule has 1 heterocycles. The van der Waals surface area contributed by atoms with E-state index in [1.807, 2.05) is 28.8 Å². The summed E-state index contributed by atoms with van der Waals surface area (Å²) in [6.45, 7) is 7.76. The maximum absolute atomic E-state index is 12.2. The molecule has 1 fully saturated rings. The van der Waals surface area contributed by atoms with Crippen LogP contribution in [-0.2, 0) is 13.1 Å². The van der Waals surface area contributed by atoms with Crippen molar-refractivity contribution in [2.45, 2.75) is 52.7 Å². The average Bonchev–Trinajstić information content (AvgIpc) is 2.94. The molecule has 0 aliphatic heterocycles. The van der Waals surface area contributed by atoms with E-state index >= 15 is 0 Å². The number of carbonyl (C=O) groups is 1. The minimum absolute atomic E-state index is 0.396. The van der Waals surface area contributed by atoms with Crippen LogP contribution in [0.15, 0.2) is 48.5 Å². The van der Waals surface area contributed by atoms with Crippen LogP contribution in [0, 0.1) is 12.3 Å². The van der Waals surface area contributed by atoms with Gasteiger partial charge < -0.3 is 15.0 Å². The third-order valence-corrected chi connectivity index (χ3v) is 5.91. The minimum Gasteiger partial charge on any atom is -0.477 e. The van der Waals surface area contributed by atoms with Crippen molar-refractivity contribution in [1.82, 2.24) is 9.88 Å². The molecule has 4 heteroatoms. The molecular formula is C24H28N2O2. The Morgan fingerprint density at radius 1 is 1.14 bits per heavy atom. The van der Waals surface area contributed by atoms with Crippen LogP contribution in [0.4, 0.5) is 0 Å². The molecule has 0 unspecified atom stereocenters. The van der Waals surface area contributed by atoms with Crippen molar-refractivity contribution in [1.29, 1.82) is 0 Å². The second kappa shape index (κ2) is 7.10. The standard InChI is InChI=1S/C24H28N2O2/c1-16-8-10-17(11-9-16)15-26-21-7-5-4-6-19(21)20(22(26)23(27)28)14-25-18-12-24(2,3)13-18/h4-11,18,25H,12-15H2,1-3H3,(H,27,28). The van der Waals surface area contributed by atoms with Gasteiger partial charge in [-0.25, -0.2) is 4.79 Å². The van der Waals surface area contributed by atoms with E-state index in [4.69, 9.17) is 0 Å². The molecule has 1 aliphatic rings. The summed E-state index contributed by atoms with van der Waals surface area (Å²) in [7, 11) is 0. The molecule has 0 bridgehead atoms. The lowest BCUT2D eigenvalue weighted by Crippen LogP contribution is -2.45. The molecule has 1 saturated carbocycles. The number of aromatic nitrogens is 1. The molecule has 0 spiro atoms. The Balaban J connectivity index is 1.71. The van der Waals surface area contributed by atoms with E-state index < -0.39 is 5.97 Å². The molecule has 146 valence electrons. The van der Waals surface area contributed by atoms with E-state index in [0.29, 0.717) is 30.2 Å². The van der Waals surface area contributed by atoms with Crippen molar-refractivity contribution in [3.05, 3.63) is 70.9 Å². The number of aromatic carboxylic acids is 1.